The third-order valence-electron chi connectivity index (χ3n) is 1.58. The Bertz CT molecular complexity index is 389. The number of rotatable bonds is 3. The van der Waals surface area contributed by atoms with Crippen molar-refractivity contribution in [2.45, 2.75) is 19.6 Å². The molecule has 0 aliphatic rings. The lowest BCUT2D eigenvalue weighted by atomic mass is 10.4. The molecule has 0 atom stereocenters. The fourth-order valence-electron chi connectivity index (χ4n) is 1.01. The van der Waals surface area contributed by atoms with Gasteiger partial charge in [-0.1, -0.05) is 0 Å². The van der Waals surface area contributed by atoms with Crippen molar-refractivity contribution in [3.8, 4) is 0 Å². The summed E-state index contributed by atoms with van der Waals surface area (Å²) in [6.07, 6.45) is -3.46. The van der Waals surface area contributed by atoms with Gasteiger partial charge in [0.15, 0.2) is 5.69 Å². The fourth-order valence-corrected chi connectivity index (χ4v) is 1.55. The van der Waals surface area contributed by atoms with Crippen LogP contribution in [0.15, 0.2) is 10.7 Å². The molecule has 1 aromatic rings. The SMILES string of the molecule is CCOC(=O)Cn1cc(Br)c(C(F)(F)F)n1. The predicted molar refractivity (Wildman–Crippen MR) is 51.6 cm³/mol. The van der Waals surface area contributed by atoms with Crippen molar-refractivity contribution in [1.82, 2.24) is 9.78 Å². The lowest BCUT2D eigenvalue weighted by Gasteiger charge is -2.03. The Morgan fingerprint density at radius 3 is 2.69 bits per heavy atom. The molecule has 4 nitrogen and oxygen atoms in total. The van der Waals surface area contributed by atoms with Gasteiger partial charge < -0.3 is 4.74 Å². The first kappa shape index (κ1) is 13.0. The Labute approximate surface area is 97.5 Å². The summed E-state index contributed by atoms with van der Waals surface area (Å²) in [6.45, 7) is 1.44. The topological polar surface area (TPSA) is 44.1 Å². The molecule has 0 saturated carbocycles. The number of hydrogen-bond acceptors (Lipinski definition) is 3. The summed E-state index contributed by atoms with van der Waals surface area (Å²) in [5, 5.41) is 3.25. The van der Waals surface area contributed by atoms with Crippen LogP contribution in [0.25, 0.3) is 0 Å². The first-order chi connectivity index (χ1) is 7.34. The molecule has 0 radical (unpaired) electrons. The summed E-state index contributed by atoms with van der Waals surface area (Å²) in [5.74, 6) is -0.633. The van der Waals surface area contributed by atoms with E-state index in [0.717, 1.165) is 10.9 Å². The zero-order valence-corrected chi connectivity index (χ0v) is 9.80. The largest absolute Gasteiger partial charge is 0.465 e. The number of hydrogen-bond donors (Lipinski definition) is 0. The van der Waals surface area contributed by atoms with E-state index in [1.807, 2.05) is 0 Å². The fraction of sp³-hybridized carbons (Fsp3) is 0.500. The van der Waals surface area contributed by atoms with Crippen LogP contribution in [-0.4, -0.2) is 22.4 Å². The van der Waals surface area contributed by atoms with E-state index in [4.69, 9.17) is 0 Å². The van der Waals surface area contributed by atoms with Crippen molar-refractivity contribution in [2.24, 2.45) is 0 Å². The molecule has 1 rings (SSSR count). The maximum atomic E-state index is 12.3. The molecule has 0 amide bonds. The van der Waals surface area contributed by atoms with Crippen LogP contribution in [0.4, 0.5) is 13.2 Å². The third kappa shape index (κ3) is 3.22. The molecule has 16 heavy (non-hydrogen) atoms. The summed E-state index contributed by atoms with van der Waals surface area (Å²) >= 11 is 2.73. The van der Waals surface area contributed by atoms with E-state index in [9.17, 15) is 18.0 Å². The monoisotopic (exact) mass is 300 g/mol. The van der Waals surface area contributed by atoms with E-state index in [1.165, 1.54) is 0 Å². The molecule has 0 aliphatic heterocycles. The maximum absolute atomic E-state index is 12.3. The molecule has 0 unspecified atom stereocenters. The molecular formula is C8H8BrF3N2O2. The Kier molecular flexibility index (Phi) is 3.95. The van der Waals surface area contributed by atoms with Crippen LogP contribution >= 0.6 is 15.9 Å². The van der Waals surface area contributed by atoms with Gasteiger partial charge in [0.05, 0.1) is 11.1 Å². The highest BCUT2D eigenvalue weighted by atomic mass is 79.9. The number of esters is 1. The Morgan fingerprint density at radius 2 is 2.25 bits per heavy atom. The molecule has 0 spiro atoms. The molecule has 0 aliphatic carbocycles. The van der Waals surface area contributed by atoms with Crippen LogP contribution in [0.2, 0.25) is 0 Å². The zero-order chi connectivity index (χ0) is 12.3. The lowest BCUT2D eigenvalue weighted by Crippen LogP contribution is -2.15. The van der Waals surface area contributed by atoms with Crippen molar-refractivity contribution in [3.05, 3.63) is 16.4 Å². The van der Waals surface area contributed by atoms with E-state index in [-0.39, 0.29) is 17.6 Å². The third-order valence-corrected chi connectivity index (χ3v) is 2.16. The predicted octanol–water partition coefficient (Wildman–Crippen LogP) is 2.23. The number of aromatic nitrogens is 2. The second-order valence-electron chi connectivity index (χ2n) is 2.83. The van der Waals surface area contributed by atoms with Crippen molar-refractivity contribution in [1.29, 1.82) is 0 Å². The molecule has 0 aromatic carbocycles. The first-order valence-electron chi connectivity index (χ1n) is 4.30. The van der Waals surface area contributed by atoms with E-state index in [0.29, 0.717) is 0 Å². The van der Waals surface area contributed by atoms with Gasteiger partial charge in [-0.05, 0) is 22.9 Å². The molecular weight excluding hydrogens is 293 g/mol. The van der Waals surface area contributed by atoms with Gasteiger partial charge in [0.1, 0.15) is 6.54 Å². The van der Waals surface area contributed by atoms with Crippen molar-refractivity contribution in [2.75, 3.05) is 6.61 Å². The molecule has 1 heterocycles. The van der Waals surface area contributed by atoms with Crippen LogP contribution in [0, 0.1) is 0 Å². The standard InChI is InChI=1S/C8H8BrF3N2O2/c1-2-16-6(15)4-14-3-5(9)7(13-14)8(10,11)12/h3H,2,4H2,1H3. The Hall–Kier alpha value is -1.05. The number of ether oxygens (including phenoxy) is 1. The second kappa shape index (κ2) is 4.86. The van der Waals surface area contributed by atoms with Gasteiger partial charge in [0.2, 0.25) is 0 Å². The summed E-state index contributed by atoms with van der Waals surface area (Å²) in [5.41, 5.74) is -1.06. The van der Waals surface area contributed by atoms with Gasteiger partial charge in [-0.2, -0.15) is 18.3 Å². The minimum atomic E-state index is -4.54. The van der Waals surface area contributed by atoms with Gasteiger partial charge in [-0.3, -0.25) is 9.48 Å². The summed E-state index contributed by atoms with van der Waals surface area (Å²) in [7, 11) is 0. The van der Waals surface area contributed by atoms with E-state index >= 15 is 0 Å². The van der Waals surface area contributed by atoms with Crippen LogP contribution in [0.3, 0.4) is 0 Å². The molecule has 0 fully saturated rings. The van der Waals surface area contributed by atoms with Gasteiger partial charge in [0, 0.05) is 6.20 Å². The summed E-state index contributed by atoms with van der Waals surface area (Å²) in [4.78, 5) is 11.0. The number of halogens is 4. The lowest BCUT2D eigenvalue weighted by molar-refractivity contribution is -0.146. The average Bonchev–Trinajstić information content (AvgIpc) is 2.46. The van der Waals surface area contributed by atoms with Crippen molar-refractivity contribution < 1.29 is 22.7 Å². The zero-order valence-electron chi connectivity index (χ0n) is 8.21. The molecule has 0 saturated heterocycles. The first-order valence-corrected chi connectivity index (χ1v) is 5.09. The van der Waals surface area contributed by atoms with Gasteiger partial charge in [-0.25, -0.2) is 0 Å². The number of carbonyl (C=O) groups is 1. The minimum Gasteiger partial charge on any atom is -0.465 e. The molecule has 0 N–H and O–H groups in total. The second-order valence-corrected chi connectivity index (χ2v) is 3.68. The molecule has 8 heteroatoms. The highest BCUT2D eigenvalue weighted by molar-refractivity contribution is 9.10. The average molecular weight is 301 g/mol. The van der Waals surface area contributed by atoms with Crippen molar-refractivity contribution in [3.63, 3.8) is 0 Å². The molecule has 0 bridgehead atoms. The van der Waals surface area contributed by atoms with Gasteiger partial charge in [0.25, 0.3) is 0 Å². The number of alkyl halides is 3. The molecule has 1 aromatic heterocycles. The van der Waals surface area contributed by atoms with Gasteiger partial charge >= 0.3 is 12.1 Å². The Balaban J connectivity index is 2.81. The normalized spacial score (nSPS) is 11.6. The van der Waals surface area contributed by atoms with E-state index < -0.39 is 17.8 Å². The smallest absolute Gasteiger partial charge is 0.436 e. The molecule has 90 valence electrons. The summed E-state index contributed by atoms with van der Waals surface area (Å²) in [6, 6.07) is 0. The number of nitrogens with zero attached hydrogens (tertiary/aromatic N) is 2. The van der Waals surface area contributed by atoms with Crippen LogP contribution in [-0.2, 0) is 22.3 Å². The summed E-state index contributed by atoms with van der Waals surface area (Å²) < 4.78 is 42.2. The van der Waals surface area contributed by atoms with Crippen LogP contribution in [0.5, 0.6) is 0 Å². The van der Waals surface area contributed by atoms with Crippen LogP contribution in [0.1, 0.15) is 12.6 Å². The van der Waals surface area contributed by atoms with Crippen molar-refractivity contribution >= 4 is 21.9 Å². The highest BCUT2D eigenvalue weighted by Crippen LogP contribution is 2.33. The van der Waals surface area contributed by atoms with Gasteiger partial charge in [-0.15, -0.1) is 0 Å². The maximum Gasteiger partial charge on any atom is 0.436 e. The Morgan fingerprint density at radius 1 is 1.62 bits per heavy atom. The number of carbonyl (C=O) groups excluding carboxylic acids is 1. The quantitative estimate of drug-likeness (QED) is 0.804. The van der Waals surface area contributed by atoms with E-state index in [2.05, 4.69) is 25.8 Å². The minimum absolute atomic E-state index is 0.174. The highest BCUT2D eigenvalue weighted by Gasteiger charge is 2.36. The van der Waals surface area contributed by atoms with E-state index in [1.54, 1.807) is 6.92 Å². The van der Waals surface area contributed by atoms with Crippen LogP contribution < -0.4 is 0 Å².